The highest BCUT2D eigenvalue weighted by Gasteiger charge is 2.45. The molecule has 1 fully saturated rings. The van der Waals surface area contributed by atoms with Crippen molar-refractivity contribution < 1.29 is 48.9 Å². The number of aromatic hydroxyl groups is 1. The highest BCUT2D eigenvalue weighted by Crippen LogP contribution is 2.48. The monoisotopic (exact) mass is 422 g/mol. The van der Waals surface area contributed by atoms with Crippen molar-refractivity contribution in [2.24, 2.45) is 0 Å². The molecule has 0 aliphatic carbocycles. The zero-order chi connectivity index (χ0) is 21.6. The van der Waals surface area contributed by atoms with Crippen molar-refractivity contribution in [3.63, 3.8) is 0 Å². The van der Waals surface area contributed by atoms with Crippen molar-refractivity contribution in [1.82, 2.24) is 0 Å². The standard InChI is InChI=1S/C20H22O10/c1-26-11-6-10-14(19(27-2)16(11)23)13-8(28-10)4-3-5-9(13)29-20-18(25)17(24)15(22)12(7-21)30-20/h3-6,12,15,17-18,20-25H,7H2,1-2H3/t12-,15-,17+,18-,20-/m1/s1. The molecule has 0 saturated carbocycles. The van der Waals surface area contributed by atoms with Gasteiger partial charge in [0.15, 0.2) is 11.5 Å². The Bertz CT molecular complexity index is 1060. The summed E-state index contributed by atoms with van der Waals surface area (Å²) in [4.78, 5) is 0. The molecule has 30 heavy (non-hydrogen) atoms. The fourth-order valence-electron chi connectivity index (χ4n) is 3.62. The van der Waals surface area contributed by atoms with Crippen molar-refractivity contribution >= 4 is 21.9 Å². The molecule has 162 valence electrons. The van der Waals surface area contributed by atoms with E-state index in [1.807, 2.05) is 0 Å². The van der Waals surface area contributed by atoms with Crippen LogP contribution in [0.1, 0.15) is 0 Å². The number of furan rings is 1. The first-order valence-electron chi connectivity index (χ1n) is 9.17. The first-order valence-corrected chi connectivity index (χ1v) is 9.17. The number of aliphatic hydroxyl groups excluding tert-OH is 4. The van der Waals surface area contributed by atoms with Crippen molar-refractivity contribution in [2.75, 3.05) is 20.8 Å². The topological polar surface area (TPSA) is 151 Å². The van der Waals surface area contributed by atoms with Gasteiger partial charge < -0.3 is 48.9 Å². The number of phenols is 1. The van der Waals surface area contributed by atoms with Gasteiger partial charge in [-0.1, -0.05) is 6.07 Å². The summed E-state index contributed by atoms with van der Waals surface area (Å²) in [7, 11) is 2.78. The van der Waals surface area contributed by atoms with Crippen LogP contribution in [0.2, 0.25) is 0 Å². The summed E-state index contributed by atoms with van der Waals surface area (Å²) in [6.07, 6.45) is -7.15. The van der Waals surface area contributed by atoms with Crippen LogP contribution in [0.15, 0.2) is 28.7 Å². The molecule has 3 aromatic rings. The highest BCUT2D eigenvalue weighted by molar-refractivity contribution is 6.12. The number of phenolic OH excluding ortho intramolecular Hbond substituents is 1. The second-order valence-corrected chi connectivity index (χ2v) is 6.88. The molecule has 4 rings (SSSR count). The Hall–Kier alpha value is -2.76. The van der Waals surface area contributed by atoms with Crippen LogP contribution in [0.4, 0.5) is 0 Å². The smallest absolute Gasteiger partial charge is 0.229 e. The lowest BCUT2D eigenvalue weighted by Crippen LogP contribution is -2.60. The van der Waals surface area contributed by atoms with Gasteiger partial charge in [-0.2, -0.15) is 0 Å². The first kappa shape index (κ1) is 20.5. The maximum Gasteiger partial charge on any atom is 0.229 e. The number of hydrogen-bond donors (Lipinski definition) is 5. The molecule has 0 unspecified atom stereocenters. The van der Waals surface area contributed by atoms with Crippen LogP contribution in [-0.2, 0) is 4.74 Å². The van der Waals surface area contributed by atoms with Crippen LogP contribution in [0, 0.1) is 0 Å². The minimum atomic E-state index is -1.58. The van der Waals surface area contributed by atoms with Crippen LogP contribution in [0.25, 0.3) is 21.9 Å². The molecule has 1 aliphatic heterocycles. The van der Waals surface area contributed by atoms with E-state index in [0.717, 1.165) is 0 Å². The van der Waals surface area contributed by atoms with Crippen molar-refractivity contribution in [1.29, 1.82) is 0 Å². The summed E-state index contributed by atoms with van der Waals surface area (Å²) in [5.41, 5.74) is 0.763. The Morgan fingerprint density at radius 2 is 1.70 bits per heavy atom. The third-order valence-corrected chi connectivity index (χ3v) is 5.16. The van der Waals surface area contributed by atoms with E-state index < -0.39 is 37.3 Å². The fourth-order valence-corrected chi connectivity index (χ4v) is 3.62. The third kappa shape index (κ3) is 3.09. The number of hydrogen-bond acceptors (Lipinski definition) is 10. The lowest BCUT2D eigenvalue weighted by molar-refractivity contribution is -0.277. The zero-order valence-electron chi connectivity index (χ0n) is 16.2. The van der Waals surface area contributed by atoms with Crippen molar-refractivity contribution in [2.45, 2.75) is 30.7 Å². The molecular weight excluding hydrogens is 400 g/mol. The zero-order valence-corrected chi connectivity index (χ0v) is 16.2. The van der Waals surface area contributed by atoms with E-state index in [4.69, 9.17) is 23.4 Å². The number of ether oxygens (including phenoxy) is 4. The molecule has 2 heterocycles. The van der Waals surface area contributed by atoms with Crippen molar-refractivity contribution in [3.05, 3.63) is 24.3 Å². The van der Waals surface area contributed by atoms with Crippen molar-refractivity contribution in [3.8, 4) is 23.0 Å². The van der Waals surface area contributed by atoms with E-state index in [9.17, 15) is 25.5 Å². The molecular formula is C20H22O10. The molecule has 0 amide bonds. The third-order valence-electron chi connectivity index (χ3n) is 5.16. The van der Waals surface area contributed by atoms with E-state index in [1.54, 1.807) is 18.2 Å². The van der Waals surface area contributed by atoms with Crippen LogP contribution < -0.4 is 14.2 Å². The predicted molar refractivity (Wildman–Crippen MR) is 103 cm³/mol. The Kier molecular flexibility index (Phi) is 5.35. The second-order valence-electron chi connectivity index (χ2n) is 6.88. The van der Waals surface area contributed by atoms with E-state index >= 15 is 0 Å². The molecule has 0 spiro atoms. The summed E-state index contributed by atoms with van der Waals surface area (Å²) in [5, 5.41) is 50.9. The number of rotatable bonds is 5. The molecule has 10 heteroatoms. The summed E-state index contributed by atoms with van der Waals surface area (Å²) in [5.74, 6) is 0.249. The molecule has 1 aromatic heterocycles. The Morgan fingerprint density at radius 3 is 2.37 bits per heavy atom. The van der Waals surface area contributed by atoms with Crippen LogP contribution >= 0.6 is 0 Å². The first-order chi connectivity index (χ1) is 14.4. The van der Waals surface area contributed by atoms with Crippen LogP contribution in [-0.4, -0.2) is 77.1 Å². The number of methoxy groups -OCH3 is 2. The molecule has 0 radical (unpaired) electrons. The number of aliphatic hydroxyl groups is 4. The van der Waals surface area contributed by atoms with Gasteiger partial charge in [0, 0.05) is 6.07 Å². The lowest BCUT2D eigenvalue weighted by Gasteiger charge is -2.39. The van der Waals surface area contributed by atoms with Gasteiger partial charge in [0.05, 0.1) is 31.6 Å². The number of fused-ring (bicyclic) bond motifs is 3. The molecule has 0 bridgehead atoms. The molecule has 1 aliphatic rings. The fraction of sp³-hybridized carbons (Fsp3) is 0.400. The number of benzene rings is 2. The summed E-state index contributed by atoms with van der Waals surface area (Å²) in [6.45, 7) is -0.578. The van der Waals surface area contributed by atoms with Gasteiger partial charge in [-0.25, -0.2) is 0 Å². The predicted octanol–water partition coefficient (Wildman–Crippen LogP) is 0.487. The molecule has 1 saturated heterocycles. The largest absolute Gasteiger partial charge is 0.502 e. The Balaban J connectivity index is 1.84. The van der Waals surface area contributed by atoms with Gasteiger partial charge in [0.1, 0.15) is 41.3 Å². The summed E-state index contributed by atoms with van der Waals surface area (Å²) >= 11 is 0. The van der Waals surface area contributed by atoms with Gasteiger partial charge in [0.25, 0.3) is 0 Å². The van der Waals surface area contributed by atoms with Gasteiger partial charge in [-0.15, -0.1) is 0 Å². The minimum Gasteiger partial charge on any atom is -0.502 e. The lowest BCUT2D eigenvalue weighted by atomic mass is 9.99. The van der Waals surface area contributed by atoms with Crippen LogP contribution in [0.3, 0.4) is 0 Å². The second kappa shape index (κ2) is 7.82. The summed E-state index contributed by atoms with van der Waals surface area (Å²) < 4.78 is 27.6. The van der Waals surface area contributed by atoms with E-state index in [1.165, 1.54) is 20.3 Å². The Labute approximate surface area is 170 Å². The van der Waals surface area contributed by atoms with E-state index in [-0.39, 0.29) is 23.0 Å². The SMILES string of the molecule is COc1cc2oc3cccc(O[C@@H]4O[C@H](CO)[C@@H](O)[C@H](O)[C@H]4O)c3c2c(OC)c1O. The average Bonchev–Trinajstić information content (AvgIpc) is 3.12. The van der Waals surface area contributed by atoms with E-state index in [2.05, 4.69) is 0 Å². The highest BCUT2D eigenvalue weighted by atomic mass is 16.7. The Morgan fingerprint density at radius 1 is 0.933 bits per heavy atom. The minimum absolute atomic E-state index is 0.105. The average molecular weight is 422 g/mol. The molecule has 10 nitrogen and oxygen atoms in total. The normalized spacial score (nSPS) is 26.8. The van der Waals surface area contributed by atoms with Gasteiger partial charge in [0.2, 0.25) is 12.0 Å². The van der Waals surface area contributed by atoms with Gasteiger partial charge >= 0.3 is 0 Å². The maximum atomic E-state index is 10.5. The quantitative estimate of drug-likeness (QED) is 0.393. The van der Waals surface area contributed by atoms with Gasteiger partial charge in [-0.05, 0) is 12.1 Å². The maximum absolute atomic E-state index is 10.5. The summed E-state index contributed by atoms with van der Waals surface area (Å²) in [6, 6.07) is 6.41. The molecule has 5 N–H and O–H groups in total. The van der Waals surface area contributed by atoms with E-state index in [0.29, 0.717) is 21.9 Å². The molecule has 2 aromatic carbocycles. The van der Waals surface area contributed by atoms with Gasteiger partial charge in [-0.3, -0.25) is 0 Å². The van der Waals surface area contributed by atoms with Crippen LogP contribution in [0.5, 0.6) is 23.0 Å². The molecule has 5 atom stereocenters.